The molecule has 0 aromatic carbocycles. The fourth-order valence-electron chi connectivity index (χ4n) is 0. The molecule has 0 aromatic heterocycles. The van der Waals surface area contributed by atoms with Crippen molar-refractivity contribution in [2.24, 2.45) is 0 Å². The molecular formula is C2H5O2+. The summed E-state index contributed by atoms with van der Waals surface area (Å²) in [5.41, 5.74) is 0. The Bertz CT molecular complexity index is 18.0. The Morgan fingerprint density at radius 3 is 2.25 bits per heavy atom. The van der Waals surface area contributed by atoms with E-state index in [4.69, 9.17) is 9.90 Å². The first-order valence-electron chi connectivity index (χ1n) is 0.983. The summed E-state index contributed by atoms with van der Waals surface area (Å²) in [4.78, 5) is 7.50. The molecule has 0 rings (SSSR count). The molecule has 0 fully saturated rings. The maximum Gasteiger partial charge on any atom is 0.306 e. The van der Waals surface area contributed by atoms with Crippen molar-refractivity contribution < 1.29 is 9.90 Å². The van der Waals surface area contributed by atoms with E-state index >= 15 is 0 Å². The average molecular weight is 61.1 g/mol. The van der Waals surface area contributed by atoms with Crippen molar-refractivity contribution in [2.45, 2.75) is 0 Å². The molecule has 0 aliphatic rings. The number of rotatable bonds is 1. The molecule has 4 heavy (non-hydrogen) atoms. The van der Waals surface area contributed by atoms with Gasteiger partial charge in [-0.05, 0) is 0 Å². The minimum Gasteiger partial charge on any atom is -0.383 e. The summed E-state index contributed by atoms with van der Waals surface area (Å²) in [6.07, 6.45) is 0.681. The maximum atomic E-state index is 7.57. The second-order valence-corrected chi connectivity index (χ2v) is 0.365. The Morgan fingerprint density at radius 1 is 2.00 bits per heavy atom. The van der Waals surface area contributed by atoms with E-state index < -0.39 is 0 Å². The first-order valence-corrected chi connectivity index (χ1v) is 0.983. The summed E-state index contributed by atoms with van der Waals surface area (Å²) < 4.78 is 0. The summed E-state index contributed by atoms with van der Waals surface area (Å²) in [7, 11) is 0. The Morgan fingerprint density at radius 2 is 2.25 bits per heavy atom. The van der Waals surface area contributed by atoms with Gasteiger partial charge in [-0.25, -0.2) is 0 Å². The van der Waals surface area contributed by atoms with Crippen LogP contribution in [0.15, 0.2) is 0 Å². The predicted octanol–water partition coefficient (Wildman–Crippen LogP) is -0.847. The maximum absolute atomic E-state index is 7.57. The average Bonchev–Trinajstić information content (AvgIpc) is 1.37. The monoisotopic (exact) mass is 61.0 g/mol. The van der Waals surface area contributed by atoms with Crippen LogP contribution in [-0.4, -0.2) is 22.8 Å². The van der Waals surface area contributed by atoms with E-state index in [0.717, 1.165) is 0 Å². The highest BCUT2D eigenvalue weighted by molar-refractivity contribution is 5.51. The van der Waals surface area contributed by atoms with Gasteiger partial charge in [-0.3, -0.25) is 4.79 Å². The van der Waals surface area contributed by atoms with Crippen LogP contribution >= 0.6 is 0 Å². The van der Waals surface area contributed by atoms with Crippen molar-refractivity contribution in [3.8, 4) is 0 Å². The molecule has 0 unspecified atom stereocenters. The molecule has 24 valence electrons. The van der Waals surface area contributed by atoms with Gasteiger partial charge in [0.05, 0.1) is 0 Å². The molecule has 0 aromatic rings. The van der Waals surface area contributed by atoms with Crippen molar-refractivity contribution in [3.05, 3.63) is 0 Å². The molecule has 2 nitrogen and oxygen atoms in total. The molecule has 0 spiro atoms. The van der Waals surface area contributed by atoms with Crippen molar-refractivity contribution in [1.29, 1.82) is 0 Å². The van der Waals surface area contributed by atoms with E-state index in [0.29, 0.717) is 6.29 Å². The van der Waals surface area contributed by atoms with E-state index in [2.05, 4.69) is 0 Å². The summed E-state index contributed by atoms with van der Waals surface area (Å²) in [6.45, 7) is -0.250. The molecule has 2 N–H and O–H groups in total. The van der Waals surface area contributed by atoms with Gasteiger partial charge < -0.3 is 5.11 Å². The number of carbonyl (C=O) groups excluding carboxylic acids is 1. The standard InChI is InChI=1S/C2H4O2/c3-1-2-4/h1,4H,2H2/p+1. The smallest absolute Gasteiger partial charge is 0.306 e. The number of aliphatic hydroxyl groups excluding tert-OH is 1. The zero-order valence-corrected chi connectivity index (χ0v) is 2.18. The lowest BCUT2D eigenvalue weighted by Gasteiger charge is -1.48. The third-order valence-electron chi connectivity index (χ3n) is 0.0816. The third-order valence-corrected chi connectivity index (χ3v) is 0.0816. The van der Waals surface area contributed by atoms with Gasteiger partial charge in [-0.1, -0.05) is 0 Å². The third kappa shape index (κ3) is 1.63. The van der Waals surface area contributed by atoms with Gasteiger partial charge in [-0.2, -0.15) is 0 Å². The van der Waals surface area contributed by atoms with Crippen molar-refractivity contribution in [2.75, 3.05) is 6.61 Å². The molecule has 0 saturated carbocycles. The number of aldehydes is 1. The zero-order valence-electron chi connectivity index (χ0n) is 2.18. The lowest BCUT2D eigenvalue weighted by molar-refractivity contribution is 0.353. The van der Waals surface area contributed by atoms with Crippen molar-refractivity contribution >= 4 is 6.29 Å². The van der Waals surface area contributed by atoms with Crippen LogP contribution in [0.2, 0.25) is 0 Å². The normalized spacial score (nSPS) is 6.25. The summed E-state index contributed by atoms with van der Waals surface area (Å²) in [6, 6.07) is 0. The van der Waals surface area contributed by atoms with E-state index in [1.54, 1.807) is 0 Å². The molecule has 0 bridgehead atoms. The summed E-state index contributed by atoms with van der Waals surface area (Å²) in [5, 5.41) is 7.57. The van der Waals surface area contributed by atoms with Crippen LogP contribution in [0.4, 0.5) is 0 Å². The second kappa shape index (κ2) is 2.63. The highest BCUT2D eigenvalue weighted by Crippen LogP contribution is 1.26. The van der Waals surface area contributed by atoms with Crippen LogP contribution in [0.25, 0.3) is 0 Å². The topological polar surface area (TPSA) is 41.6 Å². The van der Waals surface area contributed by atoms with Crippen molar-refractivity contribution in [3.63, 3.8) is 0 Å². The van der Waals surface area contributed by atoms with Gasteiger partial charge in [0.25, 0.3) is 0 Å². The minimum absolute atomic E-state index is 0.250. The Balaban J connectivity index is 2.30. The van der Waals surface area contributed by atoms with E-state index in [1.165, 1.54) is 0 Å². The van der Waals surface area contributed by atoms with Crippen molar-refractivity contribution in [1.82, 2.24) is 0 Å². The highest BCUT2D eigenvalue weighted by Gasteiger charge is 1.61. The molecule has 0 radical (unpaired) electrons. The van der Waals surface area contributed by atoms with Gasteiger partial charge in [0.1, 0.15) is 0 Å². The molecule has 2 heteroatoms. The first-order chi connectivity index (χ1) is 1.91. The summed E-state index contributed by atoms with van der Waals surface area (Å²) >= 11 is 0. The molecule has 0 aliphatic carbocycles. The van der Waals surface area contributed by atoms with Gasteiger partial charge >= 0.3 is 6.29 Å². The molecule has 0 heterocycles. The molecule has 0 aliphatic heterocycles. The molecular weight excluding hydrogens is 56.0 g/mol. The highest BCUT2D eigenvalue weighted by atomic mass is 16.3. The predicted molar refractivity (Wildman–Crippen MR) is 15.1 cm³/mol. The van der Waals surface area contributed by atoms with Crippen LogP contribution < -0.4 is 0 Å². The van der Waals surface area contributed by atoms with E-state index in [9.17, 15) is 0 Å². The van der Waals surface area contributed by atoms with Gasteiger partial charge in [0.2, 0.25) is 0 Å². The van der Waals surface area contributed by atoms with Gasteiger partial charge in [0, 0.05) is 0 Å². The van der Waals surface area contributed by atoms with Crippen LogP contribution in [0, 0.1) is 0 Å². The van der Waals surface area contributed by atoms with E-state index in [-0.39, 0.29) is 6.61 Å². The SMILES string of the molecule is OCC=[OH+]. The molecule has 0 atom stereocenters. The fraction of sp³-hybridized carbons (Fsp3) is 0.500. The Hall–Kier alpha value is -0.370. The quantitative estimate of drug-likeness (QED) is 0.311. The van der Waals surface area contributed by atoms with E-state index in [1.807, 2.05) is 0 Å². The number of hydrogen-bond acceptors (Lipinski definition) is 1. The first kappa shape index (κ1) is 3.63. The second-order valence-electron chi connectivity index (χ2n) is 0.365. The minimum atomic E-state index is -0.250. The lowest BCUT2D eigenvalue weighted by Crippen LogP contribution is -1.76. The van der Waals surface area contributed by atoms with Crippen LogP contribution in [0.3, 0.4) is 0 Å². The molecule has 0 saturated heterocycles. The zero-order chi connectivity index (χ0) is 3.41. The van der Waals surface area contributed by atoms with Crippen LogP contribution in [0.1, 0.15) is 0 Å². The Kier molecular flexibility index (Phi) is 2.39. The number of hydrogen-bond donors (Lipinski definition) is 1. The number of aliphatic hydroxyl groups is 1. The van der Waals surface area contributed by atoms with Gasteiger partial charge in [-0.15, -0.1) is 0 Å². The fourth-order valence-corrected chi connectivity index (χ4v) is 0. The summed E-state index contributed by atoms with van der Waals surface area (Å²) in [5.74, 6) is 0. The largest absolute Gasteiger partial charge is 0.383 e. The Labute approximate surface area is 24.1 Å². The lowest BCUT2D eigenvalue weighted by atomic mass is 10.9. The van der Waals surface area contributed by atoms with Crippen LogP contribution in [0.5, 0.6) is 0 Å². The van der Waals surface area contributed by atoms with Gasteiger partial charge in [0.15, 0.2) is 6.61 Å². The van der Waals surface area contributed by atoms with Crippen LogP contribution in [-0.2, 0) is 0 Å². The molecule has 0 amide bonds.